The van der Waals surface area contributed by atoms with Crippen LogP contribution in [0.15, 0.2) is 60.9 Å². The van der Waals surface area contributed by atoms with Gasteiger partial charge >= 0.3 is 6.03 Å². The Balaban J connectivity index is 1.72. The van der Waals surface area contributed by atoms with Crippen molar-refractivity contribution in [3.63, 3.8) is 0 Å². The number of aryl methyl sites for hydroxylation is 2. The molecule has 0 spiro atoms. The van der Waals surface area contributed by atoms with E-state index in [-0.39, 0.29) is 6.03 Å². The molecule has 5 nitrogen and oxygen atoms in total. The van der Waals surface area contributed by atoms with Crippen molar-refractivity contribution in [2.24, 2.45) is 0 Å². The van der Waals surface area contributed by atoms with E-state index in [0.29, 0.717) is 10.7 Å². The zero-order valence-electron chi connectivity index (χ0n) is 15.5. The SMILES string of the molecule is Cc1ccc(NC(=O)Nc2c(-c3cccnc3)[nH]c3ccc(Cl)cc23)c(C)c1. The number of carbonyl (C=O) groups is 1. The van der Waals surface area contributed by atoms with Gasteiger partial charge in [-0.3, -0.25) is 4.98 Å². The molecule has 0 saturated carbocycles. The zero-order valence-corrected chi connectivity index (χ0v) is 16.3. The minimum atomic E-state index is -0.321. The highest BCUT2D eigenvalue weighted by Gasteiger charge is 2.16. The molecule has 0 aliphatic rings. The van der Waals surface area contributed by atoms with Crippen LogP contribution in [0.5, 0.6) is 0 Å². The van der Waals surface area contributed by atoms with Crippen molar-refractivity contribution in [3.8, 4) is 11.3 Å². The summed E-state index contributed by atoms with van der Waals surface area (Å²) in [4.78, 5) is 20.3. The summed E-state index contributed by atoms with van der Waals surface area (Å²) in [5, 5.41) is 7.34. The fourth-order valence-corrected chi connectivity index (χ4v) is 3.41. The molecule has 0 fully saturated rings. The predicted molar refractivity (Wildman–Crippen MR) is 115 cm³/mol. The molecule has 0 unspecified atom stereocenters. The lowest BCUT2D eigenvalue weighted by Gasteiger charge is -2.11. The number of H-pyrrole nitrogens is 1. The van der Waals surface area contributed by atoms with Crippen molar-refractivity contribution < 1.29 is 4.79 Å². The van der Waals surface area contributed by atoms with Crippen molar-refractivity contribution in [3.05, 3.63) is 77.1 Å². The van der Waals surface area contributed by atoms with Crippen LogP contribution in [0.2, 0.25) is 5.02 Å². The van der Waals surface area contributed by atoms with E-state index >= 15 is 0 Å². The second kappa shape index (κ2) is 7.37. The highest BCUT2D eigenvalue weighted by Crippen LogP contribution is 2.36. The molecule has 2 heterocycles. The van der Waals surface area contributed by atoms with Gasteiger partial charge in [0.05, 0.1) is 11.4 Å². The van der Waals surface area contributed by atoms with Crippen LogP contribution in [-0.2, 0) is 0 Å². The molecule has 28 heavy (non-hydrogen) atoms. The van der Waals surface area contributed by atoms with E-state index in [2.05, 4.69) is 20.6 Å². The number of benzene rings is 2. The lowest BCUT2D eigenvalue weighted by molar-refractivity contribution is 0.262. The lowest BCUT2D eigenvalue weighted by Crippen LogP contribution is -2.20. The third-order valence-corrected chi connectivity index (χ3v) is 4.81. The molecule has 2 aromatic carbocycles. The van der Waals surface area contributed by atoms with Crippen molar-refractivity contribution in [2.45, 2.75) is 13.8 Å². The fourth-order valence-electron chi connectivity index (χ4n) is 3.24. The van der Waals surface area contributed by atoms with Crippen LogP contribution >= 0.6 is 11.6 Å². The van der Waals surface area contributed by atoms with Crippen molar-refractivity contribution in [2.75, 3.05) is 10.6 Å². The molecule has 4 rings (SSSR count). The monoisotopic (exact) mass is 390 g/mol. The first-order chi connectivity index (χ1) is 13.5. The number of urea groups is 1. The van der Waals surface area contributed by atoms with E-state index in [1.807, 2.05) is 62.4 Å². The maximum Gasteiger partial charge on any atom is 0.323 e. The maximum absolute atomic E-state index is 12.7. The molecular formula is C22H19ClN4O. The molecule has 0 saturated heterocycles. The van der Waals surface area contributed by atoms with Crippen LogP contribution in [0, 0.1) is 13.8 Å². The Labute approximate surface area is 167 Å². The highest BCUT2D eigenvalue weighted by atomic mass is 35.5. The number of rotatable bonds is 3. The number of anilines is 2. The summed E-state index contributed by atoms with van der Waals surface area (Å²) in [6, 6.07) is 14.9. The number of halogens is 1. The second-order valence-electron chi connectivity index (χ2n) is 6.70. The summed E-state index contributed by atoms with van der Waals surface area (Å²) in [6.45, 7) is 3.99. The van der Waals surface area contributed by atoms with Gasteiger partial charge in [-0.2, -0.15) is 0 Å². The molecule has 4 aromatic rings. The van der Waals surface area contributed by atoms with E-state index in [1.54, 1.807) is 12.4 Å². The number of nitrogens with one attached hydrogen (secondary N) is 3. The van der Waals surface area contributed by atoms with E-state index in [9.17, 15) is 4.79 Å². The Morgan fingerprint density at radius 1 is 1.07 bits per heavy atom. The van der Waals surface area contributed by atoms with Crippen LogP contribution in [0.25, 0.3) is 22.2 Å². The smallest absolute Gasteiger partial charge is 0.323 e. The Kier molecular flexibility index (Phi) is 4.75. The summed E-state index contributed by atoms with van der Waals surface area (Å²) in [5.41, 5.74) is 6.11. The van der Waals surface area contributed by atoms with Crippen molar-refractivity contribution in [1.29, 1.82) is 0 Å². The largest absolute Gasteiger partial charge is 0.353 e. The number of hydrogen-bond donors (Lipinski definition) is 3. The molecule has 3 N–H and O–H groups in total. The summed E-state index contributed by atoms with van der Waals surface area (Å²) in [5.74, 6) is 0. The number of pyridine rings is 1. The molecule has 0 atom stereocenters. The topological polar surface area (TPSA) is 69.8 Å². The molecular weight excluding hydrogens is 372 g/mol. The molecule has 0 bridgehead atoms. The minimum Gasteiger partial charge on any atom is -0.353 e. The van der Waals surface area contributed by atoms with Gasteiger partial charge in [-0.05, 0) is 55.8 Å². The van der Waals surface area contributed by atoms with Gasteiger partial charge in [0.2, 0.25) is 0 Å². The van der Waals surface area contributed by atoms with Gasteiger partial charge in [-0.1, -0.05) is 29.3 Å². The molecule has 2 aromatic heterocycles. The average molecular weight is 391 g/mol. The van der Waals surface area contributed by atoms with Gasteiger partial charge in [0.15, 0.2) is 0 Å². The highest BCUT2D eigenvalue weighted by molar-refractivity contribution is 6.31. The van der Waals surface area contributed by atoms with Gasteiger partial charge in [0, 0.05) is 39.6 Å². The third kappa shape index (κ3) is 3.57. The lowest BCUT2D eigenvalue weighted by atomic mass is 10.1. The predicted octanol–water partition coefficient (Wildman–Crippen LogP) is 6.14. The standard InChI is InChI=1S/C22H19ClN4O/c1-13-5-7-18(14(2)10-13)26-22(28)27-21-17-11-16(23)6-8-19(17)25-20(21)15-4-3-9-24-12-15/h3-12,25H,1-2H3,(H2,26,27,28). The van der Waals surface area contributed by atoms with Gasteiger partial charge < -0.3 is 15.6 Å². The Morgan fingerprint density at radius 2 is 1.93 bits per heavy atom. The van der Waals surface area contributed by atoms with Gasteiger partial charge in [0.25, 0.3) is 0 Å². The van der Waals surface area contributed by atoms with Gasteiger partial charge in [0.1, 0.15) is 0 Å². The number of aromatic nitrogens is 2. The van der Waals surface area contributed by atoms with Crippen LogP contribution in [0.4, 0.5) is 16.2 Å². The zero-order chi connectivity index (χ0) is 19.7. The van der Waals surface area contributed by atoms with Gasteiger partial charge in [-0.15, -0.1) is 0 Å². The number of hydrogen-bond acceptors (Lipinski definition) is 2. The molecule has 2 amide bonds. The average Bonchev–Trinajstić information content (AvgIpc) is 3.02. The van der Waals surface area contributed by atoms with Crippen LogP contribution < -0.4 is 10.6 Å². The van der Waals surface area contributed by atoms with Crippen LogP contribution in [-0.4, -0.2) is 16.0 Å². The third-order valence-electron chi connectivity index (χ3n) is 4.58. The summed E-state index contributed by atoms with van der Waals surface area (Å²) < 4.78 is 0. The number of carbonyl (C=O) groups excluding carboxylic acids is 1. The van der Waals surface area contributed by atoms with E-state index in [1.165, 1.54) is 0 Å². The van der Waals surface area contributed by atoms with Crippen LogP contribution in [0.1, 0.15) is 11.1 Å². The first-order valence-corrected chi connectivity index (χ1v) is 9.26. The van der Waals surface area contributed by atoms with E-state index in [0.717, 1.165) is 39.0 Å². The molecule has 0 radical (unpaired) electrons. The van der Waals surface area contributed by atoms with Crippen molar-refractivity contribution >= 4 is 39.9 Å². The summed E-state index contributed by atoms with van der Waals surface area (Å²) in [6.07, 6.45) is 3.46. The Morgan fingerprint density at radius 3 is 2.68 bits per heavy atom. The molecule has 140 valence electrons. The number of amides is 2. The maximum atomic E-state index is 12.7. The van der Waals surface area contributed by atoms with Crippen molar-refractivity contribution in [1.82, 2.24) is 9.97 Å². The molecule has 0 aliphatic heterocycles. The number of fused-ring (bicyclic) bond motifs is 1. The van der Waals surface area contributed by atoms with E-state index < -0.39 is 0 Å². The summed E-state index contributed by atoms with van der Waals surface area (Å²) >= 11 is 6.19. The van der Waals surface area contributed by atoms with Gasteiger partial charge in [-0.25, -0.2) is 4.79 Å². The minimum absolute atomic E-state index is 0.321. The first-order valence-electron chi connectivity index (χ1n) is 8.88. The normalized spacial score (nSPS) is 10.8. The number of nitrogens with zero attached hydrogens (tertiary/aromatic N) is 1. The summed E-state index contributed by atoms with van der Waals surface area (Å²) in [7, 11) is 0. The second-order valence-corrected chi connectivity index (χ2v) is 7.14. The fraction of sp³-hybridized carbons (Fsp3) is 0.0909. The van der Waals surface area contributed by atoms with Crippen LogP contribution in [0.3, 0.4) is 0 Å². The Hall–Kier alpha value is -3.31. The number of aromatic amines is 1. The molecule has 0 aliphatic carbocycles. The van der Waals surface area contributed by atoms with E-state index in [4.69, 9.17) is 11.6 Å². The quantitative estimate of drug-likeness (QED) is 0.393. The molecule has 6 heteroatoms. The first kappa shape index (κ1) is 18.1. The Bertz CT molecular complexity index is 1170.